The fraction of sp³-hybridized carbons (Fsp3) is 0.395. The van der Waals surface area contributed by atoms with Crippen LogP contribution in [0.1, 0.15) is 37.6 Å². The molecule has 5 aromatic heterocycles. The van der Waals surface area contributed by atoms with Gasteiger partial charge in [-0.25, -0.2) is 9.97 Å². The Balaban J connectivity index is 0.00000136. The van der Waals surface area contributed by atoms with Gasteiger partial charge in [-0.3, -0.25) is 23.9 Å². The topological polar surface area (TPSA) is 191 Å². The second kappa shape index (κ2) is 16.6. The lowest BCUT2D eigenvalue weighted by Crippen LogP contribution is -2.56. The Morgan fingerprint density at radius 1 is 1.02 bits per heavy atom. The summed E-state index contributed by atoms with van der Waals surface area (Å²) in [6, 6.07) is 9.14. The third kappa shape index (κ3) is 7.79. The molecule has 1 fully saturated rings. The van der Waals surface area contributed by atoms with E-state index in [1.807, 2.05) is 28.8 Å². The molecule has 6 heterocycles. The Morgan fingerprint density at radius 3 is 2.41 bits per heavy atom. The molecule has 7 rings (SSSR count). The third-order valence-electron chi connectivity index (χ3n) is 10.2. The minimum Gasteiger partial charge on any atom is -0.483 e. The summed E-state index contributed by atoms with van der Waals surface area (Å²) in [6.07, 6.45) is 10.5. The predicted molar refractivity (Wildman–Crippen MR) is 212 cm³/mol. The number of hydrogen-bond acceptors (Lipinski definition) is 11. The molecule has 2 aliphatic rings. The fourth-order valence-corrected chi connectivity index (χ4v) is 7.65. The van der Waals surface area contributed by atoms with Gasteiger partial charge in [0.15, 0.2) is 0 Å². The van der Waals surface area contributed by atoms with E-state index in [2.05, 4.69) is 45.9 Å². The number of anilines is 3. The summed E-state index contributed by atoms with van der Waals surface area (Å²) in [5.41, 5.74) is 5.62. The molecular formula is C38H48N8O7S. The summed E-state index contributed by atoms with van der Waals surface area (Å²) < 4.78 is 4.93. The number of nitrogens with one attached hydrogen (secondary N) is 1. The van der Waals surface area contributed by atoms with Gasteiger partial charge >= 0.3 is 0 Å². The second-order valence-electron chi connectivity index (χ2n) is 14.4. The van der Waals surface area contributed by atoms with E-state index < -0.39 is 0 Å². The molecule has 0 saturated carbocycles. The van der Waals surface area contributed by atoms with E-state index in [1.54, 1.807) is 44.0 Å². The molecule has 16 heteroatoms. The maximum Gasteiger partial charge on any atom is 0.290 e. The lowest BCUT2D eigenvalue weighted by Gasteiger charge is -2.43. The summed E-state index contributed by atoms with van der Waals surface area (Å²) in [4.78, 5) is 48.9. The second-order valence-corrected chi connectivity index (χ2v) is 14.4. The highest BCUT2D eigenvalue weighted by Gasteiger charge is 2.32. The largest absolute Gasteiger partial charge is 0.483 e. The number of piperazine rings is 1. The van der Waals surface area contributed by atoms with Crippen molar-refractivity contribution in [2.24, 2.45) is 12.5 Å². The lowest BCUT2D eigenvalue weighted by molar-refractivity contribution is -0.122. The zero-order chi connectivity index (χ0) is 38.0. The number of fused-ring (bicyclic) bond motifs is 3. The van der Waals surface area contributed by atoms with E-state index in [0.717, 1.165) is 30.8 Å². The zero-order valence-electron chi connectivity index (χ0n) is 30.8. The van der Waals surface area contributed by atoms with Gasteiger partial charge in [0.1, 0.15) is 22.8 Å². The predicted octanol–water partition coefficient (Wildman–Crippen LogP) is 2.28. The first-order chi connectivity index (χ1) is 25.4. The molecule has 0 bridgehead atoms. The van der Waals surface area contributed by atoms with Gasteiger partial charge in [0, 0.05) is 74.3 Å². The van der Waals surface area contributed by atoms with Crippen LogP contribution in [0.2, 0.25) is 0 Å². The number of aliphatic hydroxyl groups is 3. The summed E-state index contributed by atoms with van der Waals surface area (Å²) >= 11 is 0. The van der Waals surface area contributed by atoms with E-state index >= 15 is 0 Å². The van der Waals surface area contributed by atoms with Crippen molar-refractivity contribution in [3.05, 3.63) is 98.8 Å². The van der Waals surface area contributed by atoms with Crippen LogP contribution in [0.5, 0.6) is 0 Å². The van der Waals surface area contributed by atoms with Crippen molar-refractivity contribution in [3.8, 4) is 16.9 Å². The number of aryl methyl sites for hydroxylation is 1. The molecule has 54 heavy (non-hydrogen) atoms. The number of hydrogen-bond donors (Lipinski definition) is 5. The minimum absolute atomic E-state index is 0. The number of pyridine rings is 3. The maximum atomic E-state index is 13.8. The molecule has 5 N–H and O–H groups in total. The Kier molecular flexibility index (Phi) is 12.3. The van der Waals surface area contributed by atoms with Gasteiger partial charge in [0.25, 0.3) is 17.6 Å². The molecule has 0 spiro atoms. The minimum atomic E-state index is -0.371. The molecule has 1 atom stereocenters. The average molecular weight is 761 g/mol. The number of carbonyl (C=O) groups is 1. The highest BCUT2D eigenvalue weighted by atomic mass is 32.1. The van der Waals surface area contributed by atoms with E-state index in [1.165, 1.54) is 14.7 Å². The highest BCUT2D eigenvalue weighted by molar-refractivity contribution is 7.59. The van der Waals surface area contributed by atoms with Gasteiger partial charge in [0.05, 0.1) is 37.7 Å². The molecule has 15 nitrogen and oxygen atoms in total. The average Bonchev–Trinajstić information content (AvgIpc) is 3.63. The Hall–Kier alpha value is -5.00. The molecule has 0 radical (unpaired) electrons. The fourth-order valence-electron chi connectivity index (χ4n) is 7.65. The van der Waals surface area contributed by atoms with Gasteiger partial charge in [-0.05, 0) is 66.6 Å². The van der Waals surface area contributed by atoms with E-state index in [0.29, 0.717) is 52.6 Å². The van der Waals surface area contributed by atoms with Crippen LogP contribution in [-0.2, 0) is 31.3 Å². The first kappa shape index (κ1) is 40.2. The standard InChI is InChI=1S/C37H44N8O5.CH2O2.H2S/c1-23-18-42(27(20-46)21-47)9-10-43(23)26-5-6-33(39-17-26)40-30-13-25(19-41(4)35(30)49)28-7-8-38-34(29(28)22-48)45-12-11-44-31(36(45)50)14-24-15-37(2,3)16-32(24)44;2-1-3;/h5-8,11-14,17,19,23,27,46-48H,9-10,15-16,18,20-22H2,1-4H3,(H,39,40);1H,(H,2,3);1H2/t23-;;/m0../s1. The Labute approximate surface area is 319 Å². The number of rotatable bonds is 9. The van der Waals surface area contributed by atoms with Gasteiger partial charge in [-0.15, -0.1) is 0 Å². The summed E-state index contributed by atoms with van der Waals surface area (Å²) in [5.74, 6) is 0.827. The normalized spacial score (nSPS) is 16.4. The molecule has 0 unspecified atom stereocenters. The van der Waals surface area contributed by atoms with E-state index in [-0.39, 0.29) is 68.4 Å². The van der Waals surface area contributed by atoms with Crippen molar-refractivity contribution >= 4 is 42.7 Å². The van der Waals surface area contributed by atoms with Crippen molar-refractivity contribution in [2.45, 2.75) is 52.3 Å². The smallest absolute Gasteiger partial charge is 0.290 e. The molecule has 288 valence electrons. The molecule has 0 amide bonds. The Morgan fingerprint density at radius 2 is 1.76 bits per heavy atom. The van der Waals surface area contributed by atoms with E-state index in [4.69, 9.17) is 9.90 Å². The molecule has 1 aliphatic carbocycles. The van der Waals surface area contributed by atoms with Crippen LogP contribution in [0.25, 0.3) is 22.5 Å². The molecule has 5 aromatic rings. The molecule has 0 aromatic carbocycles. The zero-order valence-corrected chi connectivity index (χ0v) is 31.8. The first-order valence-electron chi connectivity index (χ1n) is 17.5. The van der Waals surface area contributed by atoms with Crippen LogP contribution in [0.15, 0.2) is 70.9 Å². The quantitative estimate of drug-likeness (QED) is 0.138. The number of carboxylic acid groups (broad SMARTS) is 1. The van der Waals surface area contributed by atoms with E-state index in [9.17, 15) is 24.9 Å². The van der Waals surface area contributed by atoms with Crippen LogP contribution in [-0.4, -0.2) is 100 Å². The first-order valence-corrected chi connectivity index (χ1v) is 17.5. The van der Waals surface area contributed by atoms with Crippen LogP contribution >= 0.6 is 13.5 Å². The van der Waals surface area contributed by atoms with Crippen LogP contribution in [0.3, 0.4) is 0 Å². The van der Waals surface area contributed by atoms with Gasteiger partial charge < -0.3 is 39.6 Å². The molecule has 1 aliphatic heterocycles. The SMILES string of the molecule is C[C@H]1CN(C(CO)CO)CCN1c1ccc(Nc2cc(-c3ccnc(-n4ccn5c6c(cc5c4=O)CC(C)(C)C6)c3CO)cn(C)c2=O)nc1.O=CO.S. The lowest BCUT2D eigenvalue weighted by atomic mass is 9.90. The van der Waals surface area contributed by atoms with Crippen LogP contribution in [0, 0.1) is 5.41 Å². The van der Waals surface area contributed by atoms with Crippen LogP contribution in [0.4, 0.5) is 17.2 Å². The van der Waals surface area contributed by atoms with Crippen molar-refractivity contribution in [3.63, 3.8) is 0 Å². The van der Waals surface area contributed by atoms with Crippen molar-refractivity contribution in [2.75, 3.05) is 43.1 Å². The third-order valence-corrected chi connectivity index (χ3v) is 10.2. The number of aliphatic hydroxyl groups excluding tert-OH is 3. The van der Waals surface area contributed by atoms with Gasteiger partial charge in [-0.2, -0.15) is 13.5 Å². The summed E-state index contributed by atoms with van der Waals surface area (Å²) in [6.45, 7) is 7.92. The highest BCUT2D eigenvalue weighted by Crippen LogP contribution is 2.37. The van der Waals surface area contributed by atoms with Crippen molar-refractivity contribution < 1.29 is 25.2 Å². The van der Waals surface area contributed by atoms with Gasteiger partial charge in [0.2, 0.25) is 0 Å². The molecular weight excluding hydrogens is 713 g/mol. The Bertz CT molecular complexity index is 2230. The summed E-state index contributed by atoms with van der Waals surface area (Å²) in [5, 5.41) is 39.9. The maximum absolute atomic E-state index is 13.8. The monoisotopic (exact) mass is 760 g/mol. The van der Waals surface area contributed by atoms with Crippen LogP contribution < -0.4 is 21.3 Å². The van der Waals surface area contributed by atoms with Crippen molar-refractivity contribution in [1.82, 2.24) is 28.4 Å². The van der Waals surface area contributed by atoms with Gasteiger partial charge in [-0.1, -0.05) is 13.8 Å². The molecule has 1 saturated heterocycles. The number of aromatic nitrogens is 5. The summed E-state index contributed by atoms with van der Waals surface area (Å²) in [7, 11) is 1.67. The number of nitrogens with zero attached hydrogens (tertiary/aromatic N) is 7. The van der Waals surface area contributed by atoms with Crippen molar-refractivity contribution in [1.29, 1.82) is 0 Å².